The number of carbonyl (C=O) groups excluding carboxylic acids is 1. The lowest BCUT2D eigenvalue weighted by Crippen LogP contribution is -2.15. The second kappa shape index (κ2) is 5.62. The minimum atomic E-state index is -0.0384. The molecule has 13 heavy (non-hydrogen) atoms. The van der Waals surface area contributed by atoms with Gasteiger partial charge in [0.05, 0.1) is 13.2 Å². The summed E-state index contributed by atoms with van der Waals surface area (Å²) in [5.74, 6) is 0.741. The molecule has 1 aliphatic rings. The molecule has 0 aliphatic carbocycles. The zero-order valence-electron chi connectivity index (χ0n) is 8.14. The Morgan fingerprint density at radius 3 is 2.92 bits per heavy atom. The van der Waals surface area contributed by atoms with E-state index >= 15 is 0 Å². The van der Waals surface area contributed by atoms with Gasteiger partial charge in [0.15, 0.2) is 0 Å². The molecule has 0 aromatic rings. The average Bonchev–Trinajstić information content (AvgIpc) is 2.51. The van der Waals surface area contributed by atoms with Crippen LogP contribution in [0.1, 0.15) is 32.6 Å². The molecule has 0 aromatic heterocycles. The Labute approximate surface area is 79.2 Å². The monoisotopic (exact) mass is 183 g/mol. The van der Waals surface area contributed by atoms with Gasteiger partial charge in [0.1, 0.15) is 5.76 Å². The number of unbranched alkanes of at least 4 members (excludes halogenated alkanes) is 3. The van der Waals surface area contributed by atoms with Gasteiger partial charge in [-0.3, -0.25) is 4.79 Å². The lowest BCUT2D eigenvalue weighted by atomic mass is 10.2. The Balaban J connectivity index is 2.00. The van der Waals surface area contributed by atoms with Crippen LogP contribution >= 0.6 is 0 Å². The molecule has 0 saturated carbocycles. The van der Waals surface area contributed by atoms with E-state index in [1.807, 2.05) is 0 Å². The first-order chi connectivity index (χ1) is 6.33. The van der Waals surface area contributed by atoms with E-state index < -0.39 is 0 Å². The second-order valence-corrected chi connectivity index (χ2v) is 3.24. The lowest BCUT2D eigenvalue weighted by molar-refractivity contribution is -0.115. The summed E-state index contributed by atoms with van der Waals surface area (Å²) < 4.78 is 5.40. The second-order valence-electron chi connectivity index (χ2n) is 3.24. The Hall–Kier alpha value is -0.990. The minimum absolute atomic E-state index is 0.0384. The smallest absolute Gasteiger partial charge is 0.247 e. The van der Waals surface area contributed by atoms with Crippen LogP contribution in [0.2, 0.25) is 0 Å². The Morgan fingerprint density at radius 1 is 1.46 bits per heavy atom. The van der Waals surface area contributed by atoms with Crippen LogP contribution in [0.25, 0.3) is 0 Å². The lowest BCUT2D eigenvalue weighted by Gasteiger charge is -2.04. The normalized spacial score (nSPS) is 15.5. The summed E-state index contributed by atoms with van der Waals surface area (Å²) in [6.07, 6.45) is 6.33. The number of hydrogen-bond donors (Lipinski definition) is 1. The summed E-state index contributed by atoms with van der Waals surface area (Å²) >= 11 is 0. The van der Waals surface area contributed by atoms with E-state index in [1.165, 1.54) is 25.3 Å². The number of amides is 1. The topological polar surface area (TPSA) is 38.3 Å². The van der Waals surface area contributed by atoms with Gasteiger partial charge in [-0.05, 0) is 6.42 Å². The van der Waals surface area contributed by atoms with E-state index in [2.05, 4.69) is 12.2 Å². The maximum Gasteiger partial charge on any atom is 0.247 e. The number of nitrogens with one attached hydrogen (secondary N) is 1. The molecule has 0 fully saturated rings. The third-order valence-corrected chi connectivity index (χ3v) is 2.01. The highest BCUT2D eigenvalue weighted by molar-refractivity contribution is 5.90. The molecule has 1 amide bonds. The van der Waals surface area contributed by atoms with E-state index in [4.69, 9.17) is 4.74 Å². The summed E-state index contributed by atoms with van der Waals surface area (Å²) in [7, 11) is 0. The van der Waals surface area contributed by atoms with Crippen molar-refractivity contribution in [2.24, 2.45) is 0 Å². The summed E-state index contributed by atoms with van der Waals surface area (Å²) in [6, 6.07) is 0. The quantitative estimate of drug-likeness (QED) is 0.635. The number of carbonyl (C=O) groups is 1. The van der Waals surface area contributed by atoms with Gasteiger partial charge < -0.3 is 10.1 Å². The molecule has 0 spiro atoms. The van der Waals surface area contributed by atoms with E-state index in [0.29, 0.717) is 6.54 Å². The molecule has 1 rings (SSSR count). The van der Waals surface area contributed by atoms with Crippen molar-refractivity contribution in [1.82, 2.24) is 5.32 Å². The summed E-state index contributed by atoms with van der Waals surface area (Å²) in [6.45, 7) is 3.48. The van der Waals surface area contributed by atoms with Crippen molar-refractivity contribution in [2.45, 2.75) is 32.6 Å². The maximum absolute atomic E-state index is 10.7. The molecule has 0 atom stereocenters. The van der Waals surface area contributed by atoms with Crippen molar-refractivity contribution in [3.8, 4) is 0 Å². The zero-order valence-corrected chi connectivity index (χ0v) is 8.14. The molecular formula is C10H17NO2. The van der Waals surface area contributed by atoms with Crippen molar-refractivity contribution in [1.29, 1.82) is 0 Å². The van der Waals surface area contributed by atoms with Gasteiger partial charge in [0.2, 0.25) is 5.91 Å². The first-order valence-electron chi connectivity index (χ1n) is 4.94. The van der Waals surface area contributed by atoms with E-state index in [0.717, 1.165) is 18.8 Å². The highest BCUT2D eigenvalue weighted by Crippen LogP contribution is 2.05. The van der Waals surface area contributed by atoms with Gasteiger partial charge in [-0.2, -0.15) is 0 Å². The van der Waals surface area contributed by atoms with E-state index in [9.17, 15) is 4.79 Å². The van der Waals surface area contributed by atoms with Gasteiger partial charge in [-0.1, -0.05) is 26.2 Å². The van der Waals surface area contributed by atoms with Crippen LogP contribution in [-0.2, 0) is 9.53 Å². The van der Waals surface area contributed by atoms with Crippen LogP contribution in [-0.4, -0.2) is 19.1 Å². The van der Waals surface area contributed by atoms with Crippen LogP contribution in [0.5, 0.6) is 0 Å². The fourth-order valence-corrected chi connectivity index (χ4v) is 1.25. The Kier molecular flexibility index (Phi) is 4.36. The predicted molar refractivity (Wildman–Crippen MR) is 51.2 cm³/mol. The first-order valence-corrected chi connectivity index (χ1v) is 4.94. The van der Waals surface area contributed by atoms with E-state index in [-0.39, 0.29) is 5.91 Å². The number of rotatable bonds is 6. The molecule has 0 bridgehead atoms. The molecule has 0 unspecified atom stereocenters. The molecular weight excluding hydrogens is 166 g/mol. The summed E-state index contributed by atoms with van der Waals surface area (Å²) in [5, 5.41) is 2.67. The third kappa shape index (κ3) is 3.97. The van der Waals surface area contributed by atoms with Crippen LogP contribution in [0.4, 0.5) is 0 Å². The predicted octanol–water partition coefficient (Wildman–Crippen LogP) is 1.60. The van der Waals surface area contributed by atoms with Crippen LogP contribution in [0.3, 0.4) is 0 Å². The Morgan fingerprint density at radius 2 is 2.31 bits per heavy atom. The molecule has 0 saturated heterocycles. The molecule has 74 valence electrons. The summed E-state index contributed by atoms with van der Waals surface area (Å²) in [4.78, 5) is 10.7. The highest BCUT2D eigenvalue weighted by Gasteiger charge is 2.10. The van der Waals surface area contributed by atoms with Crippen molar-refractivity contribution < 1.29 is 9.53 Å². The molecule has 0 radical (unpaired) electrons. The van der Waals surface area contributed by atoms with Gasteiger partial charge in [-0.25, -0.2) is 0 Å². The molecule has 1 N–H and O–H groups in total. The third-order valence-electron chi connectivity index (χ3n) is 2.01. The number of ether oxygens (including phenoxy) is 1. The van der Waals surface area contributed by atoms with Gasteiger partial charge >= 0.3 is 0 Å². The van der Waals surface area contributed by atoms with Gasteiger partial charge in [-0.15, -0.1) is 0 Å². The maximum atomic E-state index is 10.7. The fourth-order valence-electron chi connectivity index (χ4n) is 1.25. The largest absolute Gasteiger partial charge is 0.496 e. The first kappa shape index (κ1) is 10.1. The SMILES string of the molecule is CCCCCCOC1=CC(=O)NC1. The number of hydrogen-bond acceptors (Lipinski definition) is 2. The molecule has 0 aromatic carbocycles. The van der Waals surface area contributed by atoms with Crippen LogP contribution < -0.4 is 5.32 Å². The van der Waals surface area contributed by atoms with Crippen LogP contribution in [0, 0.1) is 0 Å². The van der Waals surface area contributed by atoms with Gasteiger partial charge in [0.25, 0.3) is 0 Å². The van der Waals surface area contributed by atoms with E-state index in [1.54, 1.807) is 0 Å². The highest BCUT2D eigenvalue weighted by atomic mass is 16.5. The Bertz CT molecular complexity index is 199. The molecule has 1 aliphatic heterocycles. The van der Waals surface area contributed by atoms with Crippen molar-refractivity contribution in [3.63, 3.8) is 0 Å². The fraction of sp³-hybridized carbons (Fsp3) is 0.700. The van der Waals surface area contributed by atoms with Gasteiger partial charge in [0, 0.05) is 6.08 Å². The molecule has 3 heteroatoms. The van der Waals surface area contributed by atoms with Crippen LogP contribution in [0.15, 0.2) is 11.8 Å². The summed E-state index contributed by atoms with van der Waals surface area (Å²) in [5.41, 5.74) is 0. The minimum Gasteiger partial charge on any atom is -0.496 e. The zero-order chi connectivity index (χ0) is 9.52. The van der Waals surface area contributed by atoms with Crippen molar-refractivity contribution >= 4 is 5.91 Å². The standard InChI is InChI=1S/C10H17NO2/c1-2-3-4-5-6-13-9-7-10(12)11-8-9/h7H,2-6,8H2,1H3,(H,11,12). The molecule has 1 heterocycles. The average molecular weight is 183 g/mol. The van der Waals surface area contributed by atoms with Crippen molar-refractivity contribution in [2.75, 3.05) is 13.2 Å². The molecule has 3 nitrogen and oxygen atoms in total. The van der Waals surface area contributed by atoms with Crippen molar-refractivity contribution in [3.05, 3.63) is 11.8 Å².